The van der Waals surface area contributed by atoms with Gasteiger partial charge in [-0.25, -0.2) is 4.68 Å². The molecule has 1 saturated heterocycles. The molecule has 0 radical (unpaired) electrons. The Hall–Kier alpha value is -2.44. The Morgan fingerprint density at radius 3 is 2.71 bits per heavy atom. The summed E-state index contributed by atoms with van der Waals surface area (Å²) in [5, 5.41) is 19.1. The molecule has 0 saturated carbocycles. The molecule has 1 fully saturated rings. The van der Waals surface area contributed by atoms with Crippen LogP contribution in [0.15, 0.2) is 30.6 Å². The zero-order valence-electron chi connectivity index (χ0n) is 11.8. The molecule has 21 heavy (non-hydrogen) atoms. The quantitative estimate of drug-likeness (QED) is 0.639. The van der Waals surface area contributed by atoms with Gasteiger partial charge in [0.15, 0.2) is 0 Å². The Bertz CT molecular complexity index is 633. The summed E-state index contributed by atoms with van der Waals surface area (Å²) in [6, 6.07) is 5.60. The van der Waals surface area contributed by atoms with Gasteiger partial charge in [-0.2, -0.15) is 0 Å². The van der Waals surface area contributed by atoms with Crippen molar-refractivity contribution in [1.82, 2.24) is 15.0 Å². The first-order valence-corrected chi connectivity index (χ1v) is 7.01. The first-order valence-electron chi connectivity index (χ1n) is 7.01. The molecule has 1 aliphatic heterocycles. The number of hydrogen-bond acceptors (Lipinski definition) is 5. The Balaban J connectivity index is 1.78. The third kappa shape index (κ3) is 2.72. The molecule has 2 aromatic rings. The highest BCUT2D eigenvalue weighted by Crippen LogP contribution is 2.33. The molecule has 0 unspecified atom stereocenters. The van der Waals surface area contributed by atoms with Crippen molar-refractivity contribution in [3.05, 3.63) is 46.3 Å². The van der Waals surface area contributed by atoms with Crippen molar-refractivity contribution in [2.45, 2.75) is 25.8 Å². The van der Waals surface area contributed by atoms with Crippen molar-refractivity contribution in [1.29, 1.82) is 0 Å². The molecule has 0 N–H and O–H groups in total. The van der Waals surface area contributed by atoms with E-state index in [1.807, 2.05) is 23.9 Å². The van der Waals surface area contributed by atoms with E-state index in [9.17, 15) is 10.1 Å². The fourth-order valence-electron chi connectivity index (χ4n) is 2.82. The summed E-state index contributed by atoms with van der Waals surface area (Å²) in [6.07, 6.45) is 5.37. The van der Waals surface area contributed by atoms with Crippen LogP contribution >= 0.6 is 0 Å². The predicted octanol–water partition coefficient (Wildman–Crippen LogP) is 2.34. The van der Waals surface area contributed by atoms with Gasteiger partial charge in [0, 0.05) is 25.4 Å². The Labute approximate surface area is 122 Å². The lowest BCUT2D eigenvalue weighted by atomic mass is 10.0. The maximum atomic E-state index is 11.2. The summed E-state index contributed by atoms with van der Waals surface area (Å²) in [5.41, 5.74) is 1.94. The van der Waals surface area contributed by atoms with Crippen molar-refractivity contribution in [3.63, 3.8) is 0 Å². The molecular formula is C14H17N5O2. The van der Waals surface area contributed by atoms with Gasteiger partial charge in [-0.05, 0) is 31.4 Å². The smallest absolute Gasteiger partial charge is 0.292 e. The van der Waals surface area contributed by atoms with Crippen molar-refractivity contribution in [2.24, 2.45) is 0 Å². The third-order valence-electron chi connectivity index (χ3n) is 3.95. The van der Waals surface area contributed by atoms with E-state index in [1.165, 1.54) is 0 Å². The zero-order valence-corrected chi connectivity index (χ0v) is 11.8. The van der Waals surface area contributed by atoms with Gasteiger partial charge in [0.25, 0.3) is 5.69 Å². The number of nitrogens with zero attached hydrogens (tertiary/aromatic N) is 5. The van der Waals surface area contributed by atoms with Crippen LogP contribution in [0.2, 0.25) is 0 Å². The molecule has 0 spiro atoms. The predicted molar refractivity (Wildman–Crippen MR) is 78.3 cm³/mol. The van der Waals surface area contributed by atoms with Gasteiger partial charge < -0.3 is 4.90 Å². The minimum absolute atomic E-state index is 0.180. The van der Waals surface area contributed by atoms with Gasteiger partial charge in [0.05, 0.1) is 17.2 Å². The van der Waals surface area contributed by atoms with Crippen LogP contribution < -0.4 is 4.90 Å². The molecule has 1 aromatic carbocycles. The maximum Gasteiger partial charge on any atom is 0.292 e. The molecule has 3 rings (SSSR count). The molecule has 110 valence electrons. The van der Waals surface area contributed by atoms with E-state index in [2.05, 4.69) is 15.2 Å². The molecule has 0 atom stereocenters. The first-order chi connectivity index (χ1) is 10.1. The van der Waals surface area contributed by atoms with E-state index < -0.39 is 0 Å². The lowest BCUT2D eigenvalue weighted by molar-refractivity contribution is -0.384. The highest BCUT2D eigenvalue weighted by molar-refractivity contribution is 5.64. The van der Waals surface area contributed by atoms with Crippen LogP contribution in [-0.4, -0.2) is 33.0 Å². The summed E-state index contributed by atoms with van der Waals surface area (Å²) in [4.78, 5) is 13.0. The second-order valence-electron chi connectivity index (χ2n) is 5.35. The molecule has 1 aromatic heterocycles. The lowest BCUT2D eigenvalue weighted by Crippen LogP contribution is -2.35. The number of piperidine rings is 1. The second-order valence-corrected chi connectivity index (χ2v) is 5.35. The van der Waals surface area contributed by atoms with Crippen molar-refractivity contribution in [3.8, 4) is 0 Å². The second kappa shape index (κ2) is 5.51. The topological polar surface area (TPSA) is 77.1 Å². The molecule has 7 nitrogen and oxygen atoms in total. The van der Waals surface area contributed by atoms with Crippen LogP contribution in [0, 0.1) is 17.0 Å². The fraction of sp³-hybridized carbons (Fsp3) is 0.429. The molecule has 2 heterocycles. The number of nitro benzene ring substituents is 1. The van der Waals surface area contributed by atoms with Crippen LogP contribution in [-0.2, 0) is 0 Å². The average Bonchev–Trinajstić information content (AvgIpc) is 3.01. The zero-order chi connectivity index (χ0) is 14.8. The fourth-order valence-corrected chi connectivity index (χ4v) is 2.82. The minimum Gasteiger partial charge on any atom is -0.366 e. The number of benzene rings is 1. The number of aryl methyl sites for hydroxylation is 1. The van der Waals surface area contributed by atoms with E-state index in [1.54, 1.807) is 18.3 Å². The number of nitro groups is 1. The van der Waals surface area contributed by atoms with E-state index in [0.717, 1.165) is 37.2 Å². The standard InChI is InChI=1S/C14H17N5O2/c1-11-2-3-13(19(20)21)14(10-11)17-7-4-12(5-8-17)18-9-6-15-16-18/h2-3,6,9-10,12H,4-5,7-8H2,1H3. The molecule has 0 amide bonds. The highest BCUT2D eigenvalue weighted by atomic mass is 16.6. The number of rotatable bonds is 3. The van der Waals surface area contributed by atoms with Gasteiger partial charge in [-0.3, -0.25) is 10.1 Å². The number of hydrogen-bond donors (Lipinski definition) is 0. The summed E-state index contributed by atoms with van der Waals surface area (Å²) in [6.45, 7) is 3.53. The van der Waals surface area contributed by atoms with Crippen molar-refractivity contribution < 1.29 is 4.92 Å². The van der Waals surface area contributed by atoms with E-state index in [4.69, 9.17) is 0 Å². The number of anilines is 1. The van der Waals surface area contributed by atoms with E-state index in [-0.39, 0.29) is 10.6 Å². The normalized spacial score (nSPS) is 16.1. The Morgan fingerprint density at radius 1 is 1.33 bits per heavy atom. The summed E-state index contributed by atoms with van der Waals surface area (Å²) < 4.78 is 1.88. The molecule has 0 bridgehead atoms. The maximum absolute atomic E-state index is 11.2. The Morgan fingerprint density at radius 2 is 2.10 bits per heavy atom. The third-order valence-corrected chi connectivity index (χ3v) is 3.95. The Kier molecular flexibility index (Phi) is 3.55. The monoisotopic (exact) mass is 287 g/mol. The largest absolute Gasteiger partial charge is 0.366 e. The van der Waals surface area contributed by atoms with Crippen molar-refractivity contribution >= 4 is 11.4 Å². The van der Waals surface area contributed by atoms with E-state index >= 15 is 0 Å². The minimum atomic E-state index is -0.307. The van der Waals surface area contributed by atoms with Gasteiger partial charge in [-0.15, -0.1) is 5.10 Å². The first kappa shape index (κ1) is 13.5. The molecule has 0 aliphatic carbocycles. The van der Waals surface area contributed by atoms with Gasteiger partial charge in [0.2, 0.25) is 0 Å². The van der Waals surface area contributed by atoms with Crippen LogP contribution in [0.25, 0.3) is 0 Å². The SMILES string of the molecule is Cc1ccc([N+](=O)[O-])c(N2CCC(n3ccnn3)CC2)c1. The number of aromatic nitrogens is 3. The van der Waals surface area contributed by atoms with Crippen LogP contribution in [0.3, 0.4) is 0 Å². The highest BCUT2D eigenvalue weighted by Gasteiger charge is 2.25. The van der Waals surface area contributed by atoms with Gasteiger partial charge in [-0.1, -0.05) is 11.3 Å². The molecule has 7 heteroatoms. The van der Waals surface area contributed by atoms with Gasteiger partial charge in [0.1, 0.15) is 5.69 Å². The van der Waals surface area contributed by atoms with Crippen molar-refractivity contribution in [2.75, 3.05) is 18.0 Å². The molecular weight excluding hydrogens is 270 g/mol. The average molecular weight is 287 g/mol. The summed E-state index contributed by atoms with van der Waals surface area (Å²) in [7, 11) is 0. The lowest BCUT2D eigenvalue weighted by Gasteiger charge is -2.33. The molecule has 1 aliphatic rings. The van der Waals surface area contributed by atoms with Crippen LogP contribution in [0.5, 0.6) is 0 Å². The van der Waals surface area contributed by atoms with Crippen LogP contribution in [0.1, 0.15) is 24.4 Å². The van der Waals surface area contributed by atoms with Crippen LogP contribution in [0.4, 0.5) is 11.4 Å². The van der Waals surface area contributed by atoms with Gasteiger partial charge >= 0.3 is 0 Å². The summed E-state index contributed by atoms with van der Waals surface area (Å²) in [5.74, 6) is 0. The summed E-state index contributed by atoms with van der Waals surface area (Å²) >= 11 is 0. The van der Waals surface area contributed by atoms with E-state index in [0.29, 0.717) is 6.04 Å².